The molecule has 1 amide bonds. The number of fused-ring (bicyclic) bond motifs is 1. The second-order valence-corrected chi connectivity index (χ2v) is 9.98. The van der Waals surface area contributed by atoms with E-state index in [1.54, 1.807) is 37.4 Å². The van der Waals surface area contributed by atoms with Gasteiger partial charge in [0, 0.05) is 16.5 Å². The number of benzene rings is 2. The third-order valence-corrected chi connectivity index (χ3v) is 7.69. The molecule has 2 heterocycles. The molecule has 146 valence electrons. The highest BCUT2D eigenvalue weighted by atomic mass is 32.2. The van der Waals surface area contributed by atoms with E-state index in [4.69, 9.17) is 4.74 Å². The standard InChI is InChI=1S/C19H19N3O4S2/c1-26-16-8-3-2-7-14(16)21-18(23)12-5-4-6-13(9-12)20-19-22-15-10-28(24,25)11-17(15)27-19/h2-9,15,17H,10-11H2,1H3,(H,20,22)(H,21,23)/t15-,17-/m0/s1. The second kappa shape index (κ2) is 7.48. The first-order chi connectivity index (χ1) is 13.4. The first-order valence-electron chi connectivity index (χ1n) is 8.70. The van der Waals surface area contributed by atoms with Crippen molar-refractivity contribution in [3.05, 3.63) is 54.1 Å². The van der Waals surface area contributed by atoms with E-state index in [-0.39, 0.29) is 28.7 Å². The van der Waals surface area contributed by atoms with E-state index in [0.717, 1.165) is 5.69 Å². The Kier molecular flexibility index (Phi) is 5.03. The number of nitrogens with one attached hydrogen (secondary N) is 2. The Bertz CT molecular complexity index is 1050. The Balaban J connectivity index is 1.46. The number of nitrogens with zero attached hydrogens (tertiary/aromatic N) is 1. The molecule has 0 aromatic heterocycles. The number of amidine groups is 1. The maximum absolute atomic E-state index is 12.6. The summed E-state index contributed by atoms with van der Waals surface area (Å²) in [6, 6.07) is 14.1. The van der Waals surface area contributed by atoms with E-state index < -0.39 is 9.84 Å². The van der Waals surface area contributed by atoms with Crippen LogP contribution in [0.4, 0.5) is 11.4 Å². The van der Waals surface area contributed by atoms with Crippen molar-refractivity contribution in [2.45, 2.75) is 11.3 Å². The van der Waals surface area contributed by atoms with Gasteiger partial charge in [0.15, 0.2) is 15.0 Å². The minimum atomic E-state index is -2.97. The number of thioether (sulfide) groups is 1. The molecule has 0 unspecified atom stereocenters. The number of aliphatic imine (C=N–C) groups is 1. The molecule has 2 N–H and O–H groups in total. The lowest BCUT2D eigenvalue weighted by Gasteiger charge is -2.11. The zero-order chi connectivity index (χ0) is 19.7. The molecule has 1 fully saturated rings. The molecule has 7 nitrogen and oxygen atoms in total. The van der Waals surface area contributed by atoms with Crippen LogP contribution in [0, 0.1) is 0 Å². The third-order valence-electron chi connectivity index (χ3n) is 4.55. The molecule has 1 saturated heterocycles. The highest BCUT2D eigenvalue weighted by Gasteiger charge is 2.42. The van der Waals surface area contributed by atoms with Gasteiger partial charge in [0.1, 0.15) is 5.75 Å². The van der Waals surface area contributed by atoms with E-state index in [9.17, 15) is 13.2 Å². The summed E-state index contributed by atoms with van der Waals surface area (Å²) >= 11 is 1.44. The fourth-order valence-electron chi connectivity index (χ4n) is 3.22. The van der Waals surface area contributed by atoms with Crippen molar-refractivity contribution in [2.24, 2.45) is 4.99 Å². The lowest BCUT2D eigenvalue weighted by Crippen LogP contribution is -2.14. The Morgan fingerprint density at radius 3 is 2.79 bits per heavy atom. The van der Waals surface area contributed by atoms with Crippen molar-refractivity contribution in [3.63, 3.8) is 0 Å². The van der Waals surface area contributed by atoms with Crippen LogP contribution in [0.3, 0.4) is 0 Å². The quantitative estimate of drug-likeness (QED) is 0.794. The minimum absolute atomic E-state index is 0.0236. The predicted molar refractivity (Wildman–Crippen MR) is 112 cm³/mol. The van der Waals surface area contributed by atoms with Gasteiger partial charge in [-0.1, -0.05) is 30.0 Å². The van der Waals surface area contributed by atoms with Crippen molar-refractivity contribution in [1.82, 2.24) is 0 Å². The predicted octanol–water partition coefficient (Wildman–Crippen LogP) is 2.63. The number of hydrogen-bond donors (Lipinski definition) is 2. The number of rotatable bonds is 4. The zero-order valence-corrected chi connectivity index (χ0v) is 16.7. The monoisotopic (exact) mass is 417 g/mol. The molecule has 0 spiro atoms. The molecule has 2 atom stereocenters. The maximum atomic E-state index is 12.6. The summed E-state index contributed by atoms with van der Waals surface area (Å²) < 4.78 is 28.6. The molecule has 0 saturated carbocycles. The summed E-state index contributed by atoms with van der Waals surface area (Å²) in [5, 5.41) is 6.70. The van der Waals surface area contributed by atoms with Crippen LogP contribution in [0.25, 0.3) is 0 Å². The highest BCUT2D eigenvalue weighted by molar-refractivity contribution is 8.15. The number of sulfone groups is 1. The lowest BCUT2D eigenvalue weighted by molar-refractivity contribution is 0.102. The summed E-state index contributed by atoms with van der Waals surface area (Å²) in [5.41, 5.74) is 1.81. The van der Waals surface area contributed by atoms with Gasteiger partial charge in [-0.2, -0.15) is 0 Å². The van der Waals surface area contributed by atoms with Crippen molar-refractivity contribution in [1.29, 1.82) is 0 Å². The largest absolute Gasteiger partial charge is 0.495 e. The van der Waals surface area contributed by atoms with Gasteiger partial charge in [-0.05, 0) is 30.3 Å². The van der Waals surface area contributed by atoms with Crippen LogP contribution in [0.15, 0.2) is 53.5 Å². The number of amides is 1. The summed E-state index contributed by atoms with van der Waals surface area (Å²) in [6.07, 6.45) is 0. The summed E-state index contributed by atoms with van der Waals surface area (Å²) in [7, 11) is -1.42. The molecule has 2 aromatic rings. The van der Waals surface area contributed by atoms with Crippen LogP contribution in [0.1, 0.15) is 10.4 Å². The fourth-order valence-corrected chi connectivity index (χ4v) is 6.90. The van der Waals surface area contributed by atoms with Crippen LogP contribution < -0.4 is 15.4 Å². The fraction of sp³-hybridized carbons (Fsp3) is 0.263. The van der Waals surface area contributed by atoms with Crippen molar-refractivity contribution in [2.75, 3.05) is 29.2 Å². The van der Waals surface area contributed by atoms with Crippen LogP contribution in [-0.4, -0.2) is 49.4 Å². The highest BCUT2D eigenvalue weighted by Crippen LogP contribution is 2.34. The van der Waals surface area contributed by atoms with E-state index in [1.807, 2.05) is 18.2 Å². The van der Waals surface area contributed by atoms with Gasteiger partial charge in [-0.3, -0.25) is 9.79 Å². The average molecular weight is 418 g/mol. The third kappa shape index (κ3) is 4.00. The number of anilines is 2. The van der Waals surface area contributed by atoms with Crippen molar-refractivity contribution >= 4 is 44.0 Å². The van der Waals surface area contributed by atoms with Gasteiger partial charge in [0.2, 0.25) is 0 Å². The second-order valence-electron chi connectivity index (χ2n) is 6.60. The van der Waals surface area contributed by atoms with E-state index in [0.29, 0.717) is 22.2 Å². The number of methoxy groups -OCH3 is 1. The molecule has 0 radical (unpaired) electrons. The molecular weight excluding hydrogens is 398 g/mol. The van der Waals surface area contributed by atoms with Gasteiger partial charge in [-0.15, -0.1) is 0 Å². The molecule has 28 heavy (non-hydrogen) atoms. The molecule has 2 aliphatic rings. The van der Waals surface area contributed by atoms with E-state index in [1.165, 1.54) is 11.8 Å². The van der Waals surface area contributed by atoms with Gasteiger partial charge in [0.25, 0.3) is 5.91 Å². The van der Waals surface area contributed by atoms with Crippen molar-refractivity contribution < 1.29 is 17.9 Å². The number of carbonyl (C=O) groups excluding carboxylic acids is 1. The van der Waals surface area contributed by atoms with Gasteiger partial charge in [-0.25, -0.2) is 8.42 Å². The molecule has 0 bridgehead atoms. The normalized spacial score (nSPS) is 22.2. The zero-order valence-electron chi connectivity index (χ0n) is 15.1. The Morgan fingerprint density at radius 1 is 1.18 bits per heavy atom. The van der Waals surface area contributed by atoms with Crippen LogP contribution >= 0.6 is 11.8 Å². The summed E-state index contributed by atoms with van der Waals surface area (Å²) in [6.45, 7) is 0. The first-order valence-corrected chi connectivity index (χ1v) is 11.4. The van der Waals surface area contributed by atoms with Crippen molar-refractivity contribution in [3.8, 4) is 5.75 Å². The van der Waals surface area contributed by atoms with Crippen LogP contribution in [0.5, 0.6) is 5.75 Å². The van der Waals surface area contributed by atoms with Gasteiger partial charge < -0.3 is 15.4 Å². The van der Waals surface area contributed by atoms with Crippen LogP contribution in [0.2, 0.25) is 0 Å². The SMILES string of the molecule is COc1ccccc1NC(=O)c1cccc(NC2=N[C@H]3CS(=O)(=O)C[C@@H]3S2)c1. The average Bonchev–Trinajstić information content (AvgIpc) is 3.14. The first kappa shape index (κ1) is 18.8. The van der Waals surface area contributed by atoms with E-state index in [2.05, 4.69) is 15.6 Å². The van der Waals surface area contributed by atoms with E-state index >= 15 is 0 Å². The summed E-state index contributed by atoms with van der Waals surface area (Å²) in [5.74, 6) is 0.607. The smallest absolute Gasteiger partial charge is 0.255 e. The maximum Gasteiger partial charge on any atom is 0.255 e. The van der Waals surface area contributed by atoms with Gasteiger partial charge >= 0.3 is 0 Å². The number of ether oxygens (including phenoxy) is 1. The molecule has 9 heteroatoms. The molecule has 0 aliphatic carbocycles. The molecule has 4 rings (SSSR count). The van der Waals surface area contributed by atoms with Gasteiger partial charge in [0.05, 0.1) is 30.3 Å². The number of carbonyl (C=O) groups is 1. The Hall–Kier alpha value is -2.52. The lowest BCUT2D eigenvalue weighted by atomic mass is 10.2. The molecular formula is C19H19N3O4S2. The molecule has 2 aromatic carbocycles. The number of hydrogen-bond acceptors (Lipinski definition) is 7. The molecule has 2 aliphatic heterocycles. The van der Waals surface area contributed by atoms with Crippen LogP contribution in [-0.2, 0) is 9.84 Å². The Labute approximate surface area is 167 Å². The Morgan fingerprint density at radius 2 is 2.00 bits per heavy atom. The minimum Gasteiger partial charge on any atom is -0.495 e. The number of para-hydroxylation sites is 2. The topological polar surface area (TPSA) is 96.9 Å². The summed E-state index contributed by atoms with van der Waals surface area (Å²) in [4.78, 5) is 17.1.